The van der Waals surface area contributed by atoms with Crippen molar-refractivity contribution in [2.45, 2.75) is 13.0 Å². The van der Waals surface area contributed by atoms with Gasteiger partial charge in [-0.2, -0.15) is 11.8 Å². The summed E-state index contributed by atoms with van der Waals surface area (Å²) in [5.41, 5.74) is 1.11. The molecule has 18 heavy (non-hydrogen) atoms. The number of methoxy groups -OCH3 is 1. The van der Waals surface area contributed by atoms with Gasteiger partial charge >= 0.3 is 0 Å². The minimum Gasteiger partial charge on any atom is -0.383 e. The van der Waals surface area contributed by atoms with Gasteiger partial charge in [-0.1, -0.05) is 0 Å². The lowest BCUT2D eigenvalue weighted by Gasteiger charge is -2.14. The summed E-state index contributed by atoms with van der Waals surface area (Å²) in [5, 5.41) is 6.54. The van der Waals surface area contributed by atoms with Crippen molar-refractivity contribution < 1.29 is 4.74 Å². The van der Waals surface area contributed by atoms with E-state index in [9.17, 15) is 0 Å². The molecule has 1 rings (SSSR count). The largest absolute Gasteiger partial charge is 0.383 e. The predicted octanol–water partition coefficient (Wildman–Crippen LogP) is 2.07. The maximum absolute atomic E-state index is 4.99. The molecule has 104 valence electrons. The molecule has 1 aromatic heterocycles. The maximum atomic E-state index is 4.99. The van der Waals surface area contributed by atoms with E-state index < -0.39 is 0 Å². The van der Waals surface area contributed by atoms with Gasteiger partial charge in [-0.25, -0.2) is 4.98 Å². The van der Waals surface area contributed by atoms with Crippen molar-refractivity contribution in [3.8, 4) is 0 Å². The van der Waals surface area contributed by atoms with Crippen molar-refractivity contribution in [2.24, 2.45) is 0 Å². The Morgan fingerprint density at radius 3 is 3.11 bits per heavy atom. The van der Waals surface area contributed by atoms with Crippen LogP contribution in [0.25, 0.3) is 0 Å². The fourth-order valence-corrected chi connectivity index (χ4v) is 2.72. The van der Waals surface area contributed by atoms with E-state index in [4.69, 9.17) is 4.74 Å². The van der Waals surface area contributed by atoms with Crippen molar-refractivity contribution in [1.82, 2.24) is 10.3 Å². The summed E-state index contributed by atoms with van der Waals surface area (Å²) in [5.74, 6) is 1.21. The van der Waals surface area contributed by atoms with Crippen LogP contribution in [0.1, 0.15) is 12.1 Å². The highest BCUT2D eigenvalue weighted by Gasteiger charge is 2.06. The first-order valence-electron chi connectivity index (χ1n) is 6.12. The quantitative estimate of drug-likeness (QED) is 0.667. The van der Waals surface area contributed by atoms with Gasteiger partial charge in [0.1, 0.15) is 0 Å². The lowest BCUT2D eigenvalue weighted by molar-refractivity contribution is 0.199. The van der Waals surface area contributed by atoms with Gasteiger partial charge < -0.3 is 15.0 Å². The van der Waals surface area contributed by atoms with E-state index in [2.05, 4.69) is 33.9 Å². The molecule has 1 heterocycles. The maximum Gasteiger partial charge on any atom is 0.185 e. The molecule has 0 atom stereocenters. The number of nitrogens with zero attached hydrogens (tertiary/aromatic N) is 2. The smallest absolute Gasteiger partial charge is 0.185 e. The fourth-order valence-electron chi connectivity index (χ4n) is 1.49. The summed E-state index contributed by atoms with van der Waals surface area (Å²) in [7, 11) is 3.83. The Kier molecular flexibility index (Phi) is 8.41. The zero-order valence-electron chi connectivity index (χ0n) is 11.4. The van der Waals surface area contributed by atoms with Crippen molar-refractivity contribution >= 4 is 28.2 Å². The molecule has 6 heteroatoms. The molecule has 0 radical (unpaired) electrons. The fraction of sp³-hybridized carbons (Fsp3) is 0.750. The Balaban J connectivity index is 2.28. The van der Waals surface area contributed by atoms with Crippen LogP contribution in [0.3, 0.4) is 0 Å². The molecule has 4 nitrogen and oxygen atoms in total. The average molecular weight is 289 g/mol. The number of hydrogen-bond donors (Lipinski definition) is 1. The number of thiazole rings is 1. The molecule has 0 spiro atoms. The van der Waals surface area contributed by atoms with Gasteiger partial charge in [0, 0.05) is 39.2 Å². The van der Waals surface area contributed by atoms with Crippen LogP contribution in [0.5, 0.6) is 0 Å². The van der Waals surface area contributed by atoms with Gasteiger partial charge in [0.05, 0.1) is 12.3 Å². The SMILES string of the molecule is COCCNCc1csc(N(C)CCCSC)n1. The molecule has 0 fully saturated rings. The monoisotopic (exact) mass is 289 g/mol. The van der Waals surface area contributed by atoms with Gasteiger partial charge in [-0.15, -0.1) is 11.3 Å². The number of thioether (sulfide) groups is 1. The van der Waals surface area contributed by atoms with Gasteiger partial charge in [-0.3, -0.25) is 0 Å². The third-order valence-electron chi connectivity index (χ3n) is 2.50. The Morgan fingerprint density at radius 2 is 2.39 bits per heavy atom. The van der Waals surface area contributed by atoms with Crippen LogP contribution in [-0.2, 0) is 11.3 Å². The van der Waals surface area contributed by atoms with Crippen molar-refractivity contribution in [3.05, 3.63) is 11.1 Å². The second-order valence-electron chi connectivity index (χ2n) is 4.06. The summed E-state index contributed by atoms with van der Waals surface area (Å²) in [6, 6.07) is 0. The van der Waals surface area contributed by atoms with Crippen molar-refractivity contribution in [2.75, 3.05) is 50.8 Å². The minimum absolute atomic E-state index is 0.742. The van der Waals surface area contributed by atoms with Gasteiger partial charge in [0.25, 0.3) is 0 Å². The standard InChI is InChI=1S/C12H23N3OS2/c1-15(6-4-8-17-3)12-14-11(10-18-12)9-13-5-7-16-2/h10,13H,4-9H2,1-3H3. The average Bonchev–Trinajstić information content (AvgIpc) is 2.84. The van der Waals surface area contributed by atoms with Crippen LogP contribution in [0, 0.1) is 0 Å². The molecule has 0 aliphatic heterocycles. The molecule has 0 unspecified atom stereocenters. The van der Waals surface area contributed by atoms with E-state index >= 15 is 0 Å². The number of nitrogens with one attached hydrogen (secondary N) is 1. The topological polar surface area (TPSA) is 37.4 Å². The molecule has 0 saturated carbocycles. The normalized spacial score (nSPS) is 10.8. The molecule has 0 amide bonds. The van der Waals surface area contributed by atoms with Crippen LogP contribution in [-0.4, -0.2) is 50.8 Å². The molecule has 0 aliphatic rings. The van der Waals surface area contributed by atoms with Gasteiger partial charge in [0.15, 0.2) is 5.13 Å². The lowest BCUT2D eigenvalue weighted by Crippen LogP contribution is -2.20. The van der Waals surface area contributed by atoms with Crippen molar-refractivity contribution in [3.63, 3.8) is 0 Å². The molecular weight excluding hydrogens is 266 g/mol. The molecule has 1 aromatic rings. The van der Waals surface area contributed by atoms with Crippen LogP contribution >= 0.6 is 23.1 Å². The minimum atomic E-state index is 0.742. The van der Waals surface area contributed by atoms with Crippen LogP contribution in [0.4, 0.5) is 5.13 Å². The first kappa shape index (κ1) is 15.8. The Morgan fingerprint density at radius 1 is 1.56 bits per heavy atom. The third-order valence-corrected chi connectivity index (χ3v) is 4.20. The number of rotatable bonds is 10. The number of aromatic nitrogens is 1. The number of ether oxygens (including phenoxy) is 1. The highest BCUT2D eigenvalue weighted by atomic mass is 32.2. The van der Waals surface area contributed by atoms with E-state index in [1.165, 1.54) is 12.2 Å². The first-order chi connectivity index (χ1) is 8.77. The summed E-state index contributed by atoms with van der Waals surface area (Å²) in [4.78, 5) is 6.86. The van der Waals surface area contributed by atoms with E-state index in [0.29, 0.717) is 0 Å². The summed E-state index contributed by atoms with van der Waals surface area (Å²) >= 11 is 3.61. The first-order valence-corrected chi connectivity index (χ1v) is 8.39. The Bertz CT molecular complexity index is 320. The highest BCUT2D eigenvalue weighted by molar-refractivity contribution is 7.98. The summed E-state index contributed by atoms with van der Waals surface area (Å²) in [6.45, 7) is 3.50. The van der Waals surface area contributed by atoms with E-state index in [1.807, 2.05) is 11.8 Å². The zero-order valence-corrected chi connectivity index (χ0v) is 13.1. The van der Waals surface area contributed by atoms with Crippen LogP contribution < -0.4 is 10.2 Å². The highest BCUT2D eigenvalue weighted by Crippen LogP contribution is 2.19. The molecular formula is C12H23N3OS2. The second-order valence-corrected chi connectivity index (χ2v) is 5.88. The van der Waals surface area contributed by atoms with Crippen molar-refractivity contribution in [1.29, 1.82) is 0 Å². The molecule has 0 aliphatic carbocycles. The molecule has 0 bridgehead atoms. The van der Waals surface area contributed by atoms with E-state index in [1.54, 1.807) is 18.4 Å². The van der Waals surface area contributed by atoms with Gasteiger partial charge in [-0.05, 0) is 18.4 Å². The summed E-state index contributed by atoms with van der Waals surface area (Å²) < 4.78 is 4.99. The van der Waals surface area contributed by atoms with Crippen LogP contribution in [0.2, 0.25) is 0 Å². The lowest BCUT2D eigenvalue weighted by atomic mass is 10.4. The molecule has 1 N–H and O–H groups in total. The predicted molar refractivity (Wildman–Crippen MR) is 82.0 cm³/mol. The summed E-state index contributed by atoms with van der Waals surface area (Å²) in [6.07, 6.45) is 3.35. The zero-order chi connectivity index (χ0) is 13.2. The Labute approximate surface area is 118 Å². The van der Waals surface area contributed by atoms with E-state index in [0.717, 1.165) is 37.1 Å². The van der Waals surface area contributed by atoms with E-state index in [-0.39, 0.29) is 0 Å². The molecule has 0 aromatic carbocycles. The number of anilines is 1. The third kappa shape index (κ3) is 6.04. The van der Waals surface area contributed by atoms with Gasteiger partial charge in [0.2, 0.25) is 0 Å². The Hall–Kier alpha value is -0.300. The molecule has 0 saturated heterocycles. The van der Waals surface area contributed by atoms with Crippen LogP contribution in [0.15, 0.2) is 5.38 Å². The number of hydrogen-bond acceptors (Lipinski definition) is 6. The second kappa shape index (κ2) is 9.61.